The first-order valence-corrected chi connectivity index (χ1v) is 6.29. The molecule has 7 heteroatoms. The van der Waals surface area contributed by atoms with Gasteiger partial charge in [-0.05, 0) is 12.1 Å². The SMILES string of the molecule is S=C(S)Nc1nnc(-c2ccc(Cl)cc2)s1. The van der Waals surface area contributed by atoms with Crippen molar-refractivity contribution in [3.63, 3.8) is 0 Å². The van der Waals surface area contributed by atoms with E-state index >= 15 is 0 Å². The molecule has 0 fully saturated rings. The zero-order valence-corrected chi connectivity index (χ0v) is 11.1. The maximum atomic E-state index is 5.80. The van der Waals surface area contributed by atoms with Gasteiger partial charge in [-0.3, -0.25) is 0 Å². The van der Waals surface area contributed by atoms with Crippen molar-refractivity contribution >= 4 is 57.2 Å². The van der Waals surface area contributed by atoms with Crippen molar-refractivity contribution in [2.75, 3.05) is 5.32 Å². The summed E-state index contributed by atoms with van der Waals surface area (Å²) in [5.74, 6) is 0. The van der Waals surface area contributed by atoms with Gasteiger partial charge < -0.3 is 5.32 Å². The summed E-state index contributed by atoms with van der Waals surface area (Å²) in [6.07, 6.45) is 0. The number of nitrogens with one attached hydrogen (secondary N) is 1. The molecule has 0 amide bonds. The fourth-order valence-corrected chi connectivity index (χ4v) is 2.30. The third-order valence-corrected chi connectivity index (χ3v) is 3.08. The highest BCUT2D eigenvalue weighted by Gasteiger charge is 2.06. The van der Waals surface area contributed by atoms with Gasteiger partial charge in [-0.25, -0.2) is 0 Å². The van der Waals surface area contributed by atoms with Crippen LogP contribution in [0.2, 0.25) is 5.02 Å². The van der Waals surface area contributed by atoms with Crippen molar-refractivity contribution in [2.24, 2.45) is 0 Å². The molecule has 2 rings (SSSR count). The molecule has 16 heavy (non-hydrogen) atoms. The van der Waals surface area contributed by atoms with Gasteiger partial charge in [0, 0.05) is 10.6 Å². The molecule has 0 saturated carbocycles. The molecule has 0 unspecified atom stereocenters. The smallest absolute Gasteiger partial charge is 0.211 e. The van der Waals surface area contributed by atoms with E-state index in [0.29, 0.717) is 14.5 Å². The fourth-order valence-electron chi connectivity index (χ4n) is 1.07. The molecule has 0 aliphatic carbocycles. The van der Waals surface area contributed by atoms with Gasteiger partial charge >= 0.3 is 0 Å². The number of thiocarbonyl (C=S) groups is 1. The van der Waals surface area contributed by atoms with Gasteiger partial charge in [-0.15, -0.1) is 22.8 Å². The van der Waals surface area contributed by atoms with Gasteiger partial charge in [0.25, 0.3) is 0 Å². The number of anilines is 1. The minimum atomic E-state index is 0.374. The molecule has 2 aromatic rings. The van der Waals surface area contributed by atoms with E-state index < -0.39 is 0 Å². The van der Waals surface area contributed by atoms with Crippen LogP contribution in [-0.4, -0.2) is 14.5 Å². The summed E-state index contributed by atoms with van der Waals surface area (Å²) in [7, 11) is 0. The van der Waals surface area contributed by atoms with Crippen LogP contribution in [0.15, 0.2) is 24.3 Å². The van der Waals surface area contributed by atoms with E-state index in [1.165, 1.54) is 11.3 Å². The normalized spacial score (nSPS) is 10.1. The molecule has 0 aliphatic heterocycles. The van der Waals surface area contributed by atoms with E-state index in [9.17, 15) is 0 Å². The van der Waals surface area contributed by atoms with Gasteiger partial charge in [0.1, 0.15) is 9.33 Å². The van der Waals surface area contributed by atoms with E-state index in [0.717, 1.165) is 10.6 Å². The van der Waals surface area contributed by atoms with Crippen LogP contribution in [0.3, 0.4) is 0 Å². The van der Waals surface area contributed by atoms with Gasteiger partial charge in [-0.1, -0.05) is 47.3 Å². The first-order valence-electron chi connectivity index (χ1n) is 4.24. The Balaban J connectivity index is 2.24. The van der Waals surface area contributed by atoms with Crippen LogP contribution >= 0.6 is 47.8 Å². The first kappa shape index (κ1) is 11.8. The molecule has 1 N–H and O–H groups in total. The van der Waals surface area contributed by atoms with Gasteiger partial charge in [-0.2, -0.15) is 0 Å². The summed E-state index contributed by atoms with van der Waals surface area (Å²) in [6, 6.07) is 7.42. The number of halogens is 1. The minimum absolute atomic E-state index is 0.374. The van der Waals surface area contributed by atoms with E-state index in [1.807, 2.05) is 24.3 Å². The number of rotatable bonds is 2. The van der Waals surface area contributed by atoms with Crippen molar-refractivity contribution in [2.45, 2.75) is 0 Å². The summed E-state index contributed by atoms with van der Waals surface area (Å²) in [5.41, 5.74) is 0.972. The van der Waals surface area contributed by atoms with Crippen molar-refractivity contribution in [3.05, 3.63) is 29.3 Å². The zero-order chi connectivity index (χ0) is 11.5. The largest absolute Gasteiger partial charge is 0.316 e. The van der Waals surface area contributed by atoms with E-state index in [4.69, 9.17) is 23.8 Å². The van der Waals surface area contributed by atoms with E-state index in [1.54, 1.807) is 0 Å². The second-order valence-electron chi connectivity index (χ2n) is 2.85. The van der Waals surface area contributed by atoms with Crippen molar-refractivity contribution in [1.82, 2.24) is 10.2 Å². The Kier molecular flexibility index (Phi) is 3.75. The Morgan fingerprint density at radius 1 is 1.31 bits per heavy atom. The molecule has 0 saturated heterocycles. The second kappa shape index (κ2) is 5.09. The molecule has 0 radical (unpaired) electrons. The minimum Gasteiger partial charge on any atom is -0.316 e. The topological polar surface area (TPSA) is 37.8 Å². The third-order valence-electron chi connectivity index (χ3n) is 1.73. The van der Waals surface area contributed by atoms with Crippen LogP contribution in [0.4, 0.5) is 5.13 Å². The lowest BCUT2D eigenvalue weighted by molar-refractivity contribution is 1.10. The molecular weight excluding hydrogens is 282 g/mol. The highest BCUT2D eigenvalue weighted by Crippen LogP contribution is 2.27. The van der Waals surface area contributed by atoms with Gasteiger partial charge in [0.05, 0.1) is 0 Å². The molecule has 1 aromatic heterocycles. The highest BCUT2D eigenvalue weighted by molar-refractivity contribution is 8.11. The maximum absolute atomic E-state index is 5.80. The summed E-state index contributed by atoms with van der Waals surface area (Å²) in [6.45, 7) is 0. The Bertz CT molecular complexity index is 509. The van der Waals surface area contributed by atoms with Crippen molar-refractivity contribution in [3.8, 4) is 10.6 Å². The molecule has 1 aromatic carbocycles. The quantitative estimate of drug-likeness (QED) is 0.655. The van der Waals surface area contributed by atoms with Gasteiger partial charge in [0.15, 0.2) is 0 Å². The molecular formula is C9H6ClN3S3. The number of hydrogen-bond donors (Lipinski definition) is 2. The lowest BCUT2D eigenvalue weighted by atomic mass is 10.2. The lowest BCUT2D eigenvalue weighted by Gasteiger charge is -1.95. The maximum Gasteiger partial charge on any atom is 0.211 e. The van der Waals surface area contributed by atoms with Crippen LogP contribution in [0.1, 0.15) is 0 Å². The van der Waals surface area contributed by atoms with Crippen LogP contribution in [-0.2, 0) is 0 Å². The predicted molar refractivity (Wildman–Crippen MR) is 75.6 cm³/mol. The third kappa shape index (κ3) is 2.91. The summed E-state index contributed by atoms with van der Waals surface area (Å²) < 4.78 is 0.374. The molecule has 0 aliphatic rings. The van der Waals surface area contributed by atoms with E-state index in [-0.39, 0.29) is 0 Å². The van der Waals surface area contributed by atoms with Crippen molar-refractivity contribution < 1.29 is 0 Å². The van der Waals surface area contributed by atoms with Crippen LogP contribution in [0, 0.1) is 0 Å². The summed E-state index contributed by atoms with van der Waals surface area (Å²) in [5, 5.41) is 12.9. The number of benzene rings is 1. The van der Waals surface area contributed by atoms with Crippen LogP contribution in [0.5, 0.6) is 0 Å². The average Bonchev–Trinajstić information content (AvgIpc) is 2.66. The molecule has 0 atom stereocenters. The lowest BCUT2D eigenvalue weighted by Crippen LogP contribution is -1.99. The Hall–Kier alpha value is -0.690. The van der Waals surface area contributed by atoms with Gasteiger partial charge in [0.2, 0.25) is 5.13 Å². The molecule has 0 spiro atoms. The molecule has 1 heterocycles. The van der Waals surface area contributed by atoms with Crippen molar-refractivity contribution in [1.29, 1.82) is 0 Å². The fraction of sp³-hybridized carbons (Fsp3) is 0. The Labute approximate surface area is 112 Å². The molecule has 3 nitrogen and oxygen atoms in total. The van der Waals surface area contributed by atoms with Crippen LogP contribution in [0.25, 0.3) is 10.6 Å². The van der Waals surface area contributed by atoms with Crippen LogP contribution < -0.4 is 5.32 Å². The number of nitrogens with zero attached hydrogens (tertiary/aromatic N) is 2. The number of hydrogen-bond acceptors (Lipinski definition) is 4. The Morgan fingerprint density at radius 2 is 2.00 bits per heavy atom. The average molecular weight is 288 g/mol. The van der Waals surface area contributed by atoms with E-state index in [2.05, 4.69) is 28.1 Å². The number of aromatic nitrogens is 2. The second-order valence-corrected chi connectivity index (χ2v) is 5.42. The molecule has 0 bridgehead atoms. The number of thiol groups is 1. The zero-order valence-electron chi connectivity index (χ0n) is 7.85. The predicted octanol–water partition coefficient (Wildman–Crippen LogP) is 3.49. The summed E-state index contributed by atoms with van der Waals surface area (Å²) >= 11 is 16.0. The molecule has 82 valence electrons. The highest BCUT2D eigenvalue weighted by atomic mass is 35.5. The first-order chi connectivity index (χ1) is 7.65. The summed E-state index contributed by atoms with van der Waals surface area (Å²) in [4.78, 5) is 0. The standard InChI is InChI=1S/C9H6ClN3S3/c10-6-3-1-5(2-4-6)7-12-13-8(16-7)11-9(14)15/h1-4H,(H2,11,13,14,15). The Morgan fingerprint density at radius 3 is 2.62 bits per heavy atom. The monoisotopic (exact) mass is 287 g/mol.